The molecule has 0 spiro atoms. The number of benzene rings is 1. The number of hydrogen-bond acceptors (Lipinski definition) is 6. The first-order valence-corrected chi connectivity index (χ1v) is 7.51. The minimum absolute atomic E-state index is 0.165. The molecule has 120 valence electrons. The Bertz CT molecular complexity index is 709. The van der Waals surface area contributed by atoms with Gasteiger partial charge in [-0.1, -0.05) is 6.07 Å². The minimum atomic E-state index is -0.314. The van der Waals surface area contributed by atoms with Crippen LogP contribution < -0.4 is 15.5 Å². The standard InChI is InChI=1S/C16H19N5O2/c1-12-2-4-14(21(22)23)15(10-12)20-8-6-19(7-9-20)13-3-5-16(17)18-11-13/h2-5,10-11H,6-9H2,1H3,(H2,17,18). The minimum Gasteiger partial charge on any atom is -0.384 e. The predicted octanol–water partition coefficient (Wildman–Crippen LogP) is 2.21. The Kier molecular flexibility index (Phi) is 4.01. The van der Waals surface area contributed by atoms with Gasteiger partial charge in [-0.05, 0) is 30.7 Å². The highest BCUT2D eigenvalue weighted by atomic mass is 16.6. The molecule has 0 bridgehead atoms. The zero-order chi connectivity index (χ0) is 16.4. The molecule has 0 atom stereocenters. The number of nitro benzene ring substituents is 1. The van der Waals surface area contributed by atoms with Crippen molar-refractivity contribution in [2.45, 2.75) is 6.92 Å². The monoisotopic (exact) mass is 313 g/mol. The summed E-state index contributed by atoms with van der Waals surface area (Å²) in [5.74, 6) is 0.503. The quantitative estimate of drug-likeness (QED) is 0.690. The van der Waals surface area contributed by atoms with Gasteiger partial charge in [-0.25, -0.2) is 4.98 Å². The number of hydrogen-bond donors (Lipinski definition) is 1. The molecule has 7 heteroatoms. The molecule has 0 radical (unpaired) electrons. The summed E-state index contributed by atoms with van der Waals surface area (Å²) >= 11 is 0. The molecule has 2 N–H and O–H groups in total. The molecule has 3 rings (SSSR count). The van der Waals surface area contributed by atoms with Crippen LogP contribution in [0.1, 0.15) is 5.56 Å². The molecule has 0 amide bonds. The van der Waals surface area contributed by atoms with Crippen molar-refractivity contribution in [3.8, 4) is 0 Å². The van der Waals surface area contributed by atoms with Crippen molar-refractivity contribution in [2.24, 2.45) is 0 Å². The second-order valence-electron chi connectivity index (χ2n) is 5.66. The molecule has 0 aliphatic carbocycles. The Labute approximate surface area is 134 Å². The predicted molar refractivity (Wildman–Crippen MR) is 90.9 cm³/mol. The number of rotatable bonds is 3. The molecule has 2 aromatic rings. The highest BCUT2D eigenvalue weighted by Crippen LogP contribution is 2.30. The van der Waals surface area contributed by atoms with Gasteiger partial charge in [-0.2, -0.15) is 0 Å². The van der Waals surface area contributed by atoms with Crippen LogP contribution in [0.3, 0.4) is 0 Å². The number of nitro groups is 1. The number of anilines is 3. The van der Waals surface area contributed by atoms with Gasteiger partial charge >= 0.3 is 0 Å². The van der Waals surface area contributed by atoms with Gasteiger partial charge in [0.15, 0.2) is 0 Å². The lowest BCUT2D eigenvalue weighted by molar-refractivity contribution is -0.384. The van der Waals surface area contributed by atoms with E-state index in [1.165, 1.54) is 0 Å². The molecule has 1 aromatic heterocycles. The topological polar surface area (TPSA) is 88.5 Å². The number of pyridine rings is 1. The number of aryl methyl sites for hydroxylation is 1. The van der Waals surface area contributed by atoms with Crippen LogP contribution in [0.5, 0.6) is 0 Å². The summed E-state index contributed by atoms with van der Waals surface area (Å²) < 4.78 is 0. The van der Waals surface area contributed by atoms with Gasteiger partial charge < -0.3 is 15.5 Å². The fourth-order valence-corrected chi connectivity index (χ4v) is 2.83. The van der Waals surface area contributed by atoms with E-state index in [1.807, 2.05) is 19.1 Å². The molecule has 0 saturated carbocycles. The van der Waals surface area contributed by atoms with Gasteiger partial charge in [0.25, 0.3) is 5.69 Å². The third-order valence-electron chi connectivity index (χ3n) is 4.08. The highest BCUT2D eigenvalue weighted by molar-refractivity contribution is 5.65. The van der Waals surface area contributed by atoms with Crippen LogP contribution in [0.25, 0.3) is 0 Å². The van der Waals surface area contributed by atoms with E-state index >= 15 is 0 Å². The molecule has 7 nitrogen and oxygen atoms in total. The SMILES string of the molecule is Cc1ccc([N+](=O)[O-])c(N2CCN(c3ccc(N)nc3)CC2)c1. The molecule has 23 heavy (non-hydrogen) atoms. The molecule has 1 aliphatic heterocycles. The Morgan fingerprint density at radius 2 is 1.83 bits per heavy atom. The van der Waals surface area contributed by atoms with E-state index in [1.54, 1.807) is 24.4 Å². The average molecular weight is 313 g/mol. The first-order valence-electron chi connectivity index (χ1n) is 7.51. The number of nitrogens with two attached hydrogens (primary N) is 1. The van der Waals surface area contributed by atoms with Crippen molar-refractivity contribution in [3.63, 3.8) is 0 Å². The van der Waals surface area contributed by atoms with Gasteiger partial charge in [-0.15, -0.1) is 0 Å². The van der Waals surface area contributed by atoms with E-state index < -0.39 is 0 Å². The van der Waals surface area contributed by atoms with E-state index in [9.17, 15) is 10.1 Å². The summed E-state index contributed by atoms with van der Waals surface area (Å²) in [7, 11) is 0. The van der Waals surface area contributed by atoms with Crippen molar-refractivity contribution in [2.75, 3.05) is 41.7 Å². The van der Waals surface area contributed by atoms with Crippen LogP contribution in [-0.4, -0.2) is 36.1 Å². The van der Waals surface area contributed by atoms with E-state index in [0.29, 0.717) is 11.5 Å². The summed E-state index contributed by atoms with van der Waals surface area (Å²) in [5, 5.41) is 11.2. The fraction of sp³-hybridized carbons (Fsp3) is 0.312. The third kappa shape index (κ3) is 3.18. The normalized spacial score (nSPS) is 14.8. The van der Waals surface area contributed by atoms with Crippen LogP contribution >= 0.6 is 0 Å². The molecule has 0 unspecified atom stereocenters. The number of piperazine rings is 1. The van der Waals surface area contributed by atoms with Gasteiger partial charge in [0, 0.05) is 32.2 Å². The number of nitrogen functional groups attached to an aromatic ring is 1. The molecule has 1 aromatic carbocycles. The lowest BCUT2D eigenvalue weighted by Gasteiger charge is -2.37. The largest absolute Gasteiger partial charge is 0.384 e. The maximum atomic E-state index is 11.2. The first kappa shape index (κ1) is 15.1. The van der Waals surface area contributed by atoms with Crippen LogP contribution in [0.15, 0.2) is 36.5 Å². The van der Waals surface area contributed by atoms with Crippen molar-refractivity contribution >= 4 is 22.9 Å². The Morgan fingerprint density at radius 1 is 1.13 bits per heavy atom. The molecule has 1 fully saturated rings. The number of nitrogens with zero attached hydrogens (tertiary/aromatic N) is 4. The van der Waals surface area contributed by atoms with Crippen LogP contribution in [-0.2, 0) is 0 Å². The molecule has 2 heterocycles. The second kappa shape index (κ2) is 6.12. The van der Waals surface area contributed by atoms with E-state index in [2.05, 4.69) is 14.8 Å². The maximum Gasteiger partial charge on any atom is 0.292 e. The lowest BCUT2D eigenvalue weighted by atomic mass is 10.1. The van der Waals surface area contributed by atoms with Crippen molar-refractivity contribution in [1.82, 2.24) is 4.98 Å². The third-order valence-corrected chi connectivity index (χ3v) is 4.08. The summed E-state index contributed by atoms with van der Waals surface area (Å²) in [6.07, 6.45) is 1.76. The smallest absolute Gasteiger partial charge is 0.292 e. The highest BCUT2D eigenvalue weighted by Gasteiger charge is 2.23. The van der Waals surface area contributed by atoms with E-state index in [4.69, 9.17) is 5.73 Å². The Balaban J connectivity index is 1.75. The fourth-order valence-electron chi connectivity index (χ4n) is 2.83. The average Bonchev–Trinajstić information content (AvgIpc) is 2.55. The van der Waals surface area contributed by atoms with Crippen molar-refractivity contribution in [1.29, 1.82) is 0 Å². The zero-order valence-corrected chi connectivity index (χ0v) is 13.0. The van der Waals surface area contributed by atoms with E-state index in [-0.39, 0.29) is 10.6 Å². The van der Waals surface area contributed by atoms with Crippen LogP contribution in [0.2, 0.25) is 0 Å². The second-order valence-corrected chi connectivity index (χ2v) is 5.66. The van der Waals surface area contributed by atoms with Gasteiger partial charge in [-0.3, -0.25) is 10.1 Å². The van der Waals surface area contributed by atoms with Gasteiger partial charge in [0.1, 0.15) is 11.5 Å². The Morgan fingerprint density at radius 3 is 2.43 bits per heavy atom. The van der Waals surface area contributed by atoms with Gasteiger partial charge in [0.05, 0.1) is 16.8 Å². The molecular formula is C16H19N5O2. The van der Waals surface area contributed by atoms with Crippen LogP contribution in [0, 0.1) is 17.0 Å². The summed E-state index contributed by atoms with van der Waals surface area (Å²) in [5.41, 5.74) is 8.53. The molecular weight excluding hydrogens is 294 g/mol. The lowest BCUT2D eigenvalue weighted by Crippen LogP contribution is -2.46. The van der Waals surface area contributed by atoms with Crippen LogP contribution in [0.4, 0.5) is 22.9 Å². The Hall–Kier alpha value is -2.83. The number of aromatic nitrogens is 1. The van der Waals surface area contributed by atoms with Crippen molar-refractivity contribution in [3.05, 3.63) is 52.2 Å². The molecule has 1 saturated heterocycles. The summed E-state index contributed by atoms with van der Waals surface area (Å²) in [4.78, 5) is 19.3. The maximum absolute atomic E-state index is 11.2. The zero-order valence-electron chi connectivity index (χ0n) is 13.0. The van der Waals surface area contributed by atoms with Crippen molar-refractivity contribution < 1.29 is 4.92 Å². The molecule has 1 aliphatic rings. The van der Waals surface area contributed by atoms with E-state index in [0.717, 1.165) is 37.4 Å². The summed E-state index contributed by atoms with van der Waals surface area (Å²) in [6.45, 7) is 4.99. The summed E-state index contributed by atoms with van der Waals surface area (Å²) in [6, 6.07) is 8.98. The van der Waals surface area contributed by atoms with Gasteiger partial charge in [0.2, 0.25) is 0 Å². The first-order chi connectivity index (χ1) is 11.0.